The SMILES string of the molecule is CCNC(=O)NC[C@@H]1CCCN(Cc2coc(C(C)C)n2)C1. The van der Waals surface area contributed by atoms with Crippen molar-refractivity contribution in [2.24, 2.45) is 5.92 Å². The number of rotatable bonds is 6. The molecule has 22 heavy (non-hydrogen) atoms. The number of carbonyl (C=O) groups is 1. The summed E-state index contributed by atoms with van der Waals surface area (Å²) in [5.41, 5.74) is 1.00. The molecule has 1 aromatic heterocycles. The fourth-order valence-corrected chi connectivity index (χ4v) is 2.81. The van der Waals surface area contributed by atoms with Crippen molar-refractivity contribution < 1.29 is 9.21 Å². The quantitative estimate of drug-likeness (QED) is 0.846. The number of amides is 2. The number of nitrogens with zero attached hydrogens (tertiary/aromatic N) is 2. The van der Waals surface area contributed by atoms with Crippen molar-refractivity contribution in [1.82, 2.24) is 20.5 Å². The predicted molar refractivity (Wildman–Crippen MR) is 85.7 cm³/mol. The molecule has 1 aromatic rings. The van der Waals surface area contributed by atoms with Gasteiger partial charge in [-0.1, -0.05) is 13.8 Å². The van der Waals surface area contributed by atoms with Crippen LogP contribution in [-0.4, -0.2) is 42.1 Å². The Labute approximate surface area is 132 Å². The van der Waals surface area contributed by atoms with E-state index in [1.807, 2.05) is 6.92 Å². The van der Waals surface area contributed by atoms with Gasteiger partial charge in [0.15, 0.2) is 5.89 Å². The Balaban J connectivity index is 1.78. The number of piperidine rings is 1. The van der Waals surface area contributed by atoms with Crippen LogP contribution >= 0.6 is 0 Å². The molecule has 0 spiro atoms. The molecule has 0 bridgehead atoms. The van der Waals surface area contributed by atoms with Crippen LogP contribution in [0.1, 0.15) is 51.1 Å². The van der Waals surface area contributed by atoms with Gasteiger partial charge in [0.25, 0.3) is 0 Å². The zero-order valence-corrected chi connectivity index (χ0v) is 13.9. The summed E-state index contributed by atoms with van der Waals surface area (Å²) >= 11 is 0. The molecule has 1 fully saturated rings. The molecule has 2 rings (SSSR count). The monoisotopic (exact) mass is 308 g/mol. The topological polar surface area (TPSA) is 70.4 Å². The summed E-state index contributed by atoms with van der Waals surface area (Å²) in [6, 6.07) is -0.0716. The molecule has 2 amide bonds. The van der Waals surface area contributed by atoms with Crippen molar-refractivity contribution in [2.75, 3.05) is 26.2 Å². The van der Waals surface area contributed by atoms with Crippen LogP contribution in [0.5, 0.6) is 0 Å². The van der Waals surface area contributed by atoms with E-state index >= 15 is 0 Å². The number of nitrogens with one attached hydrogen (secondary N) is 2. The summed E-state index contributed by atoms with van der Waals surface area (Å²) in [5.74, 6) is 1.64. The van der Waals surface area contributed by atoms with Crippen molar-refractivity contribution in [2.45, 2.75) is 46.1 Å². The molecule has 2 heterocycles. The summed E-state index contributed by atoms with van der Waals surface area (Å²) in [5, 5.41) is 5.71. The summed E-state index contributed by atoms with van der Waals surface area (Å²) in [4.78, 5) is 18.4. The third-order valence-electron chi connectivity index (χ3n) is 3.94. The van der Waals surface area contributed by atoms with Crippen molar-refractivity contribution in [1.29, 1.82) is 0 Å². The molecule has 6 heteroatoms. The smallest absolute Gasteiger partial charge is 0.314 e. The second-order valence-corrected chi connectivity index (χ2v) is 6.32. The van der Waals surface area contributed by atoms with Crippen LogP contribution in [0.4, 0.5) is 4.79 Å². The maximum atomic E-state index is 11.5. The van der Waals surface area contributed by atoms with Gasteiger partial charge in [-0.2, -0.15) is 0 Å². The Bertz CT molecular complexity index is 472. The van der Waals surface area contributed by atoms with E-state index in [9.17, 15) is 4.79 Å². The summed E-state index contributed by atoms with van der Waals surface area (Å²) in [6.07, 6.45) is 4.10. The van der Waals surface area contributed by atoms with Crippen LogP contribution in [0.25, 0.3) is 0 Å². The molecule has 1 aliphatic rings. The van der Waals surface area contributed by atoms with Gasteiger partial charge in [0, 0.05) is 32.1 Å². The standard InChI is InChI=1S/C16H28N4O2/c1-4-17-16(21)18-8-13-6-5-7-20(9-13)10-14-11-22-15(19-14)12(2)3/h11-13H,4-10H2,1-3H3,(H2,17,18,21)/t13-/m0/s1. The van der Waals surface area contributed by atoms with Crippen molar-refractivity contribution in [3.8, 4) is 0 Å². The van der Waals surface area contributed by atoms with E-state index in [-0.39, 0.29) is 6.03 Å². The van der Waals surface area contributed by atoms with Crippen LogP contribution in [-0.2, 0) is 6.54 Å². The van der Waals surface area contributed by atoms with Crippen molar-refractivity contribution >= 4 is 6.03 Å². The first-order chi connectivity index (χ1) is 10.6. The van der Waals surface area contributed by atoms with Gasteiger partial charge in [-0.25, -0.2) is 9.78 Å². The van der Waals surface area contributed by atoms with Crippen molar-refractivity contribution in [3.05, 3.63) is 17.8 Å². The Morgan fingerprint density at radius 1 is 1.50 bits per heavy atom. The summed E-state index contributed by atoms with van der Waals surface area (Å²) in [6.45, 7) is 10.4. The molecule has 0 radical (unpaired) electrons. The maximum Gasteiger partial charge on any atom is 0.314 e. The van der Waals surface area contributed by atoms with Gasteiger partial charge in [-0.3, -0.25) is 4.90 Å². The molecule has 0 saturated carbocycles. The Kier molecular flexibility index (Phi) is 6.24. The van der Waals surface area contributed by atoms with Gasteiger partial charge in [0.1, 0.15) is 6.26 Å². The molecule has 124 valence electrons. The lowest BCUT2D eigenvalue weighted by Crippen LogP contribution is -2.43. The molecule has 1 atom stereocenters. The second kappa shape index (κ2) is 8.17. The molecular formula is C16H28N4O2. The van der Waals surface area contributed by atoms with E-state index in [2.05, 4.69) is 34.4 Å². The van der Waals surface area contributed by atoms with Crippen LogP contribution in [0.15, 0.2) is 10.7 Å². The molecule has 1 aliphatic heterocycles. The van der Waals surface area contributed by atoms with E-state index in [0.717, 1.165) is 44.2 Å². The predicted octanol–water partition coefficient (Wildman–Crippen LogP) is 2.33. The summed E-state index contributed by atoms with van der Waals surface area (Å²) < 4.78 is 5.50. The van der Waals surface area contributed by atoms with Crippen LogP contribution in [0.2, 0.25) is 0 Å². The Morgan fingerprint density at radius 3 is 3.00 bits per heavy atom. The molecule has 2 N–H and O–H groups in total. The van der Waals surface area contributed by atoms with Crippen LogP contribution < -0.4 is 10.6 Å². The highest BCUT2D eigenvalue weighted by Gasteiger charge is 2.21. The van der Waals surface area contributed by atoms with E-state index in [1.54, 1.807) is 6.26 Å². The third-order valence-corrected chi connectivity index (χ3v) is 3.94. The number of carbonyl (C=O) groups excluding carboxylic acids is 1. The van der Waals surface area contributed by atoms with E-state index in [0.29, 0.717) is 18.4 Å². The highest BCUT2D eigenvalue weighted by molar-refractivity contribution is 5.73. The van der Waals surface area contributed by atoms with Gasteiger partial charge in [-0.15, -0.1) is 0 Å². The first kappa shape index (κ1) is 16.8. The fourth-order valence-electron chi connectivity index (χ4n) is 2.81. The minimum Gasteiger partial charge on any atom is -0.448 e. The normalized spacial score (nSPS) is 19.4. The summed E-state index contributed by atoms with van der Waals surface area (Å²) in [7, 11) is 0. The van der Waals surface area contributed by atoms with Gasteiger partial charge >= 0.3 is 6.03 Å². The largest absolute Gasteiger partial charge is 0.448 e. The van der Waals surface area contributed by atoms with Gasteiger partial charge in [0.2, 0.25) is 0 Å². The highest BCUT2D eigenvalue weighted by atomic mass is 16.3. The second-order valence-electron chi connectivity index (χ2n) is 6.32. The Morgan fingerprint density at radius 2 is 2.32 bits per heavy atom. The number of hydrogen-bond donors (Lipinski definition) is 2. The van der Waals surface area contributed by atoms with Gasteiger partial charge < -0.3 is 15.1 Å². The number of aromatic nitrogens is 1. The zero-order valence-electron chi connectivity index (χ0n) is 13.9. The lowest BCUT2D eigenvalue weighted by atomic mass is 9.98. The maximum absolute atomic E-state index is 11.5. The fraction of sp³-hybridized carbons (Fsp3) is 0.750. The molecule has 0 aromatic carbocycles. The third kappa shape index (κ3) is 5.02. The molecule has 1 saturated heterocycles. The van der Waals surface area contributed by atoms with Crippen molar-refractivity contribution in [3.63, 3.8) is 0 Å². The number of oxazole rings is 1. The van der Waals surface area contributed by atoms with E-state index in [4.69, 9.17) is 4.42 Å². The average molecular weight is 308 g/mol. The molecule has 6 nitrogen and oxygen atoms in total. The van der Waals surface area contributed by atoms with Gasteiger partial charge in [0.05, 0.1) is 5.69 Å². The van der Waals surface area contributed by atoms with E-state index < -0.39 is 0 Å². The number of likely N-dealkylation sites (tertiary alicyclic amines) is 1. The molecular weight excluding hydrogens is 280 g/mol. The number of hydrogen-bond acceptors (Lipinski definition) is 4. The van der Waals surface area contributed by atoms with Crippen LogP contribution in [0, 0.1) is 5.92 Å². The minimum absolute atomic E-state index is 0.0716. The average Bonchev–Trinajstić information content (AvgIpc) is 2.95. The Hall–Kier alpha value is -1.56. The lowest BCUT2D eigenvalue weighted by molar-refractivity contribution is 0.163. The number of urea groups is 1. The zero-order chi connectivity index (χ0) is 15.9. The van der Waals surface area contributed by atoms with Crippen LogP contribution in [0.3, 0.4) is 0 Å². The van der Waals surface area contributed by atoms with E-state index in [1.165, 1.54) is 6.42 Å². The first-order valence-corrected chi connectivity index (χ1v) is 8.26. The minimum atomic E-state index is -0.0716. The first-order valence-electron chi connectivity index (χ1n) is 8.26. The molecule has 0 unspecified atom stereocenters. The highest BCUT2D eigenvalue weighted by Crippen LogP contribution is 2.19. The van der Waals surface area contributed by atoms with Gasteiger partial charge in [-0.05, 0) is 32.2 Å². The lowest BCUT2D eigenvalue weighted by Gasteiger charge is -2.32. The molecule has 0 aliphatic carbocycles.